The van der Waals surface area contributed by atoms with Crippen LogP contribution < -0.4 is 15.5 Å². The Kier molecular flexibility index (Phi) is 7.53. The molecule has 0 aliphatic carbocycles. The van der Waals surface area contributed by atoms with Gasteiger partial charge in [-0.1, -0.05) is 19.9 Å². The maximum atomic E-state index is 12.1. The summed E-state index contributed by atoms with van der Waals surface area (Å²) in [5, 5.41) is 6.72. The minimum absolute atomic E-state index is 0.293. The molecule has 0 fully saturated rings. The quantitative estimate of drug-likeness (QED) is 0.418. The fraction of sp³-hybridized carbons (Fsp3) is 0.348. The van der Waals surface area contributed by atoms with Crippen LogP contribution in [0.3, 0.4) is 0 Å². The van der Waals surface area contributed by atoms with Crippen molar-refractivity contribution in [3.8, 4) is 5.75 Å². The van der Waals surface area contributed by atoms with Gasteiger partial charge in [0.25, 0.3) is 0 Å². The molecule has 2 amide bonds. The Balaban J connectivity index is 1.96. The van der Waals surface area contributed by atoms with Gasteiger partial charge in [-0.3, -0.25) is 9.59 Å². The SMILES string of the molecule is COc1cc(C)c(C=NNC(=O)CC(=O)Nc2ccc(C)c(C)c2)cc1C(C)C. The van der Waals surface area contributed by atoms with Gasteiger partial charge in [-0.2, -0.15) is 5.10 Å². The number of nitrogens with zero attached hydrogens (tertiary/aromatic N) is 1. The molecule has 154 valence electrons. The van der Waals surface area contributed by atoms with E-state index in [2.05, 4.69) is 29.7 Å². The molecule has 0 aromatic heterocycles. The maximum absolute atomic E-state index is 12.1. The lowest BCUT2D eigenvalue weighted by atomic mass is 9.97. The minimum atomic E-state index is -0.474. The summed E-state index contributed by atoms with van der Waals surface area (Å²) in [7, 11) is 1.65. The standard InChI is InChI=1S/C23H29N3O3/c1-14(2)20-11-18(17(5)10-21(20)29-6)13-24-26-23(28)12-22(27)25-19-8-7-15(3)16(4)9-19/h7-11,13-14H,12H2,1-6H3,(H,25,27)(H,26,28). The van der Waals surface area contributed by atoms with Crippen molar-refractivity contribution in [2.75, 3.05) is 12.4 Å². The number of anilines is 1. The highest BCUT2D eigenvalue weighted by Gasteiger charge is 2.11. The summed E-state index contributed by atoms with van der Waals surface area (Å²) in [4.78, 5) is 24.1. The third-order valence-electron chi connectivity index (χ3n) is 4.75. The first-order valence-corrected chi connectivity index (χ1v) is 9.58. The average Bonchev–Trinajstić information content (AvgIpc) is 2.65. The number of nitrogens with one attached hydrogen (secondary N) is 2. The van der Waals surface area contributed by atoms with Gasteiger partial charge >= 0.3 is 0 Å². The van der Waals surface area contributed by atoms with Gasteiger partial charge in [0.15, 0.2) is 0 Å². The number of benzene rings is 2. The molecule has 6 nitrogen and oxygen atoms in total. The lowest BCUT2D eigenvalue weighted by Gasteiger charge is -2.14. The Morgan fingerprint density at radius 1 is 1.03 bits per heavy atom. The van der Waals surface area contributed by atoms with E-state index in [1.54, 1.807) is 13.3 Å². The van der Waals surface area contributed by atoms with Crippen molar-refractivity contribution >= 4 is 23.7 Å². The number of aryl methyl sites for hydroxylation is 3. The van der Waals surface area contributed by atoms with E-state index < -0.39 is 5.91 Å². The van der Waals surface area contributed by atoms with Gasteiger partial charge in [0.05, 0.1) is 13.3 Å². The second kappa shape index (κ2) is 9.87. The normalized spacial score (nSPS) is 11.0. The molecular formula is C23H29N3O3. The molecule has 2 rings (SSSR count). The van der Waals surface area contributed by atoms with E-state index in [-0.39, 0.29) is 12.3 Å². The van der Waals surface area contributed by atoms with Gasteiger partial charge in [0.1, 0.15) is 12.2 Å². The van der Waals surface area contributed by atoms with Crippen LogP contribution >= 0.6 is 0 Å². The molecule has 0 saturated heterocycles. The van der Waals surface area contributed by atoms with Gasteiger partial charge in [-0.05, 0) is 78.8 Å². The Hall–Kier alpha value is -3.15. The number of rotatable bonds is 7. The van der Waals surface area contributed by atoms with Crippen LogP contribution in [0.4, 0.5) is 5.69 Å². The van der Waals surface area contributed by atoms with E-state index in [1.165, 1.54) is 0 Å². The fourth-order valence-electron chi connectivity index (χ4n) is 2.87. The first kappa shape index (κ1) is 22.1. The molecule has 0 saturated carbocycles. The number of hydrogen-bond acceptors (Lipinski definition) is 4. The van der Waals surface area contributed by atoms with Crippen LogP contribution in [-0.2, 0) is 9.59 Å². The van der Waals surface area contributed by atoms with Crippen molar-refractivity contribution in [2.24, 2.45) is 5.10 Å². The Labute approximate surface area is 172 Å². The Morgan fingerprint density at radius 2 is 1.76 bits per heavy atom. The number of methoxy groups -OCH3 is 1. The number of carbonyl (C=O) groups excluding carboxylic acids is 2. The highest BCUT2D eigenvalue weighted by atomic mass is 16.5. The average molecular weight is 396 g/mol. The third-order valence-corrected chi connectivity index (χ3v) is 4.75. The summed E-state index contributed by atoms with van der Waals surface area (Å²) in [5.41, 5.74) is 8.24. The number of hydrazone groups is 1. The van der Waals surface area contributed by atoms with Gasteiger partial charge in [0, 0.05) is 5.69 Å². The fourth-order valence-corrected chi connectivity index (χ4v) is 2.87. The van der Waals surface area contributed by atoms with E-state index in [0.29, 0.717) is 11.6 Å². The molecule has 0 aliphatic rings. The van der Waals surface area contributed by atoms with Gasteiger partial charge in [0.2, 0.25) is 11.8 Å². The zero-order valence-electron chi connectivity index (χ0n) is 17.9. The van der Waals surface area contributed by atoms with Crippen LogP contribution in [0.25, 0.3) is 0 Å². The topological polar surface area (TPSA) is 79.8 Å². The van der Waals surface area contributed by atoms with Crippen molar-refractivity contribution in [1.82, 2.24) is 5.43 Å². The summed E-state index contributed by atoms with van der Waals surface area (Å²) < 4.78 is 5.43. The zero-order valence-corrected chi connectivity index (χ0v) is 17.9. The monoisotopic (exact) mass is 395 g/mol. The lowest BCUT2D eigenvalue weighted by Crippen LogP contribution is -2.24. The summed E-state index contributed by atoms with van der Waals surface area (Å²) >= 11 is 0. The predicted octanol–water partition coefficient (Wildman–Crippen LogP) is 4.22. The smallest absolute Gasteiger partial charge is 0.249 e. The van der Waals surface area contributed by atoms with Crippen LogP contribution in [0.15, 0.2) is 35.4 Å². The largest absolute Gasteiger partial charge is 0.496 e. The highest BCUT2D eigenvalue weighted by molar-refractivity contribution is 6.03. The maximum Gasteiger partial charge on any atom is 0.249 e. The first-order valence-electron chi connectivity index (χ1n) is 9.58. The highest BCUT2D eigenvalue weighted by Crippen LogP contribution is 2.29. The molecule has 0 spiro atoms. The van der Waals surface area contributed by atoms with E-state index >= 15 is 0 Å². The van der Waals surface area contributed by atoms with Crippen LogP contribution in [-0.4, -0.2) is 25.1 Å². The molecule has 0 unspecified atom stereocenters. The van der Waals surface area contributed by atoms with Crippen molar-refractivity contribution in [3.05, 3.63) is 58.1 Å². The zero-order chi connectivity index (χ0) is 21.6. The van der Waals surface area contributed by atoms with Crippen molar-refractivity contribution in [3.63, 3.8) is 0 Å². The van der Waals surface area contributed by atoms with E-state index in [1.807, 2.05) is 51.1 Å². The Morgan fingerprint density at radius 3 is 2.38 bits per heavy atom. The molecule has 2 aromatic carbocycles. The first-order chi connectivity index (χ1) is 13.7. The van der Waals surface area contributed by atoms with Gasteiger partial charge in [-0.15, -0.1) is 0 Å². The molecule has 2 aromatic rings. The number of amides is 2. The van der Waals surface area contributed by atoms with Crippen LogP contribution in [0.1, 0.15) is 54.0 Å². The third kappa shape index (κ3) is 6.17. The molecule has 0 aliphatic heterocycles. The number of ether oxygens (including phenoxy) is 1. The predicted molar refractivity (Wildman–Crippen MR) is 117 cm³/mol. The van der Waals surface area contributed by atoms with Crippen molar-refractivity contribution < 1.29 is 14.3 Å². The van der Waals surface area contributed by atoms with Gasteiger partial charge < -0.3 is 10.1 Å². The molecular weight excluding hydrogens is 366 g/mol. The molecule has 2 N–H and O–H groups in total. The van der Waals surface area contributed by atoms with Crippen molar-refractivity contribution in [1.29, 1.82) is 0 Å². The lowest BCUT2D eigenvalue weighted by molar-refractivity contribution is -0.126. The molecule has 0 radical (unpaired) electrons. The summed E-state index contributed by atoms with van der Waals surface area (Å²) in [5.74, 6) is 0.268. The molecule has 6 heteroatoms. The summed E-state index contributed by atoms with van der Waals surface area (Å²) in [6, 6.07) is 9.57. The molecule has 0 bridgehead atoms. The van der Waals surface area contributed by atoms with Gasteiger partial charge in [-0.25, -0.2) is 5.43 Å². The second-order valence-corrected chi connectivity index (χ2v) is 7.42. The van der Waals surface area contributed by atoms with E-state index in [4.69, 9.17) is 4.74 Å². The second-order valence-electron chi connectivity index (χ2n) is 7.42. The van der Waals surface area contributed by atoms with E-state index in [9.17, 15) is 9.59 Å². The number of hydrogen-bond donors (Lipinski definition) is 2. The summed E-state index contributed by atoms with van der Waals surface area (Å²) in [6.07, 6.45) is 1.28. The van der Waals surface area contributed by atoms with Crippen LogP contribution in [0.5, 0.6) is 5.75 Å². The number of carbonyl (C=O) groups is 2. The van der Waals surface area contributed by atoms with Crippen LogP contribution in [0, 0.1) is 20.8 Å². The molecule has 0 atom stereocenters. The van der Waals surface area contributed by atoms with Crippen LogP contribution in [0.2, 0.25) is 0 Å². The Bertz CT molecular complexity index is 933. The van der Waals surface area contributed by atoms with Crippen molar-refractivity contribution in [2.45, 2.75) is 47.0 Å². The molecule has 29 heavy (non-hydrogen) atoms. The summed E-state index contributed by atoms with van der Waals surface area (Å²) in [6.45, 7) is 10.1. The molecule has 0 heterocycles. The van der Waals surface area contributed by atoms with E-state index in [0.717, 1.165) is 33.6 Å². The minimum Gasteiger partial charge on any atom is -0.496 e.